The Morgan fingerprint density at radius 1 is 0.179 bits per heavy atom. The third-order valence-corrected chi connectivity index (χ3v) is 22.7. The lowest BCUT2D eigenvalue weighted by atomic mass is 9.94. The number of furan rings is 1. The van der Waals surface area contributed by atoms with E-state index in [-0.39, 0.29) is 0 Å². The summed E-state index contributed by atoms with van der Waals surface area (Å²) >= 11 is 1.88. The first-order chi connectivity index (χ1) is 55.6. The molecule has 112 heavy (non-hydrogen) atoms. The molecule has 0 fully saturated rings. The van der Waals surface area contributed by atoms with E-state index < -0.39 is 0 Å². The Morgan fingerprint density at radius 3 is 0.768 bits per heavy atom. The Labute approximate surface area is 657 Å². The van der Waals surface area contributed by atoms with Crippen LogP contribution in [0.3, 0.4) is 0 Å². The summed E-state index contributed by atoms with van der Waals surface area (Å²) in [6.45, 7) is 0. The predicted molar refractivity (Wildman–Crippen MR) is 477 cm³/mol. The zero-order chi connectivity index (χ0) is 74.5. The third-order valence-electron chi connectivity index (χ3n) is 21.5. The summed E-state index contributed by atoms with van der Waals surface area (Å²) in [6, 6.07) is 161. The van der Waals surface area contributed by atoms with E-state index in [0.29, 0.717) is 0 Å². The molecule has 20 rings (SSSR count). The maximum Gasteiger partial charge on any atom is 0.145 e. The molecule has 528 valence electrons. The van der Waals surface area contributed by atoms with Gasteiger partial charge in [0.2, 0.25) is 0 Å². The molecule has 3 nitrogen and oxygen atoms in total. The van der Waals surface area contributed by atoms with Gasteiger partial charge in [0.25, 0.3) is 0 Å². The van der Waals surface area contributed by atoms with Crippen molar-refractivity contribution in [1.29, 1.82) is 0 Å². The van der Waals surface area contributed by atoms with Gasteiger partial charge in [0.15, 0.2) is 0 Å². The number of nitrogens with zero attached hydrogens (tertiary/aromatic N) is 2. The van der Waals surface area contributed by atoms with E-state index in [2.05, 4.69) is 453 Å². The summed E-state index contributed by atoms with van der Waals surface area (Å²) in [7, 11) is 0. The van der Waals surface area contributed by atoms with Crippen molar-refractivity contribution < 1.29 is 4.42 Å². The van der Waals surface area contributed by atoms with E-state index in [1.807, 2.05) is 17.4 Å². The number of benzene rings is 18. The molecule has 2 aromatic heterocycles. The largest absolute Gasteiger partial charge is 0.455 e. The minimum atomic E-state index is 0.868. The van der Waals surface area contributed by atoms with E-state index in [0.717, 1.165) is 67.2 Å². The Hall–Kier alpha value is -14.4. The second-order valence-electron chi connectivity index (χ2n) is 28.1. The van der Waals surface area contributed by atoms with Crippen molar-refractivity contribution in [2.75, 3.05) is 9.80 Å². The van der Waals surface area contributed by atoms with Crippen LogP contribution in [0.2, 0.25) is 0 Å². The van der Waals surface area contributed by atoms with Gasteiger partial charge in [0.1, 0.15) is 11.2 Å². The molecule has 0 aliphatic heterocycles. The number of hydrogen-bond acceptors (Lipinski definition) is 4. The van der Waals surface area contributed by atoms with Gasteiger partial charge in [-0.1, -0.05) is 370 Å². The predicted octanol–water partition coefficient (Wildman–Crippen LogP) is 31.3. The van der Waals surface area contributed by atoms with Crippen molar-refractivity contribution in [3.8, 4) is 111 Å². The summed E-state index contributed by atoms with van der Waals surface area (Å²) < 4.78 is 9.32. The van der Waals surface area contributed by atoms with Crippen LogP contribution < -0.4 is 9.80 Å². The fraction of sp³-hybridized carbons (Fsp3) is 0. The minimum Gasteiger partial charge on any atom is -0.455 e. The van der Waals surface area contributed by atoms with E-state index in [4.69, 9.17) is 4.42 Å². The Bertz CT molecular complexity index is 6020. The van der Waals surface area contributed by atoms with E-state index in [1.54, 1.807) is 0 Å². The third kappa shape index (κ3) is 13.3. The summed E-state index contributed by atoms with van der Waals surface area (Å²) in [5, 5.41) is 4.71. The van der Waals surface area contributed by atoms with Gasteiger partial charge in [-0.2, -0.15) is 0 Å². The van der Waals surface area contributed by atoms with Crippen LogP contribution in [-0.2, 0) is 0 Å². The number of hydrogen-bond donors (Lipinski definition) is 0. The van der Waals surface area contributed by atoms with E-state index >= 15 is 0 Å². The SMILES string of the molecule is c1ccc(-c2ccccc2-c2ccc(N(c3ccc(-c4ccccc4-c4ccccc4)cc3)c3ccc(-c4ccccc4)c4oc5ccccc5c34)cc2)cc1.c1ccc(-c2ccccc2-c2ccc(N(c3ccc(-c4ccccc4-c4ccccc4)cc3)c3ccc(-c4ccccc4)c4sc5ccccc5c34)cc2)cc1. The maximum absolute atomic E-state index is 6.74. The van der Waals surface area contributed by atoms with E-state index in [9.17, 15) is 0 Å². The summed E-state index contributed by atoms with van der Waals surface area (Å²) in [6.07, 6.45) is 0. The molecule has 4 heteroatoms. The highest BCUT2D eigenvalue weighted by Crippen LogP contribution is 2.51. The number of thiophene rings is 1. The number of anilines is 6. The van der Waals surface area contributed by atoms with Crippen LogP contribution in [0, 0.1) is 0 Å². The Balaban J connectivity index is 0.000000151. The second kappa shape index (κ2) is 30.7. The lowest BCUT2D eigenvalue weighted by Gasteiger charge is -2.27. The molecule has 20 aromatic rings. The summed E-state index contributed by atoms with van der Waals surface area (Å²) in [5.74, 6) is 0. The van der Waals surface area contributed by atoms with E-state index in [1.165, 1.54) is 120 Å². The van der Waals surface area contributed by atoms with Gasteiger partial charge >= 0.3 is 0 Å². The van der Waals surface area contributed by atoms with Crippen molar-refractivity contribution in [2.24, 2.45) is 0 Å². The highest BCUT2D eigenvalue weighted by molar-refractivity contribution is 7.26. The van der Waals surface area contributed by atoms with Crippen molar-refractivity contribution in [3.63, 3.8) is 0 Å². The van der Waals surface area contributed by atoms with Crippen molar-refractivity contribution in [2.45, 2.75) is 0 Å². The molecule has 0 atom stereocenters. The highest BCUT2D eigenvalue weighted by Gasteiger charge is 2.26. The van der Waals surface area contributed by atoms with Crippen LogP contribution in [0.1, 0.15) is 0 Å². The molecule has 0 aliphatic carbocycles. The zero-order valence-electron chi connectivity index (χ0n) is 61.4. The van der Waals surface area contributed by atoms with Crippen LogP contribution in [0.4, 0.5) is 34.1 Å². The molecule has 0 N–H and O–H groups in total. The van der Waals surface area contributed by atoms with Crippen molar-refractivity contribution in [3.05, 3.63) is 449 Å². The second-order valence-corrected chi connectivity index (χ2v) is 29.2. The average molecular weight is 1450 g/mol. The fourth-order valence-corrected chi connectivity index (χ4v) is 17.4. The van der Waals surface area contributed by atoms with Gasteiger partial charge in [0.05, 0.1) is 16.8 Å². The summed E-state index contributed by atoms with van der Waals surface area (Å²) in [4.78, 5) is 4.81. The monoisotopic (exact) mass is 1450 g/mol. The van der Waals surface area contributed by atoms with Gasteiger partial charge in [-0.15, -0.1) is 11.3 Å². The van der Waals surface area contributed by atoms with Crippen LogP contribution in [0.5, 0.6) is 0 Å². The molecule has 2 heterocycles. The Morgan fingerprint density at radius 2 is 0.429 bits per heavy atom. The average Bonchev–Trinajstić information content (AvgIpc) is 1.57. The smallest absolute Gasteiger partial charge is 0.145 e. The van der Waals surface area contributed by atoms with Crippen LogP contribution in [0.15, 0.2) is 453 Å². The zero-order valence-corrected chi connectivity index (χ0v) is 62.3. The van der Waals surface area contributed by atoms with Gasteiger partial charge in [-0.25, -0.2) is 0 Å². The van der Waals surface area contributed by atoms with Gasteiger partial charge in [-0.05, 0) is 185 Å². The van der Waals surface area contributed by atoms with Crippen LogP contribution in [0.25, 0.3) is 153 Å². The molecule has 0 radical (unpaired) electrons. The Kier molecular flexibility index (Phi) is 18.7. The molecule has 18 aromatic carbocycles. The quantitative estimate of drug-likeness (QED) is 0.0961. The maximum atomic E-state index is 6.74. The lowest BCUT2D eigenvalue weighted by molar-refractivity contribution is 0.670. The van der Waals surface area contributed by atoms with Gasteiger partial charge in [0, 0.05) is 53.9 Å². The molecular weight excluding hydrogens is 1370 g/mol. The molecule has 0 aliphatic rings. The summed E-state index contributed by atoms with van der Waals surface area (Å²) in [5.41, 5.74) is 32.2. The fourth-order valence-electron chi connectivity index (χ4n) is 16.1. The highest BCUT2D eigenvalue weighted by atomic mass is 32.1. The first-order valence-corrected chi connectivity index (χ1v) is 39.0. The molecule has 0 saturated heterocycles. The van der Waals surface area contributed by atoms with Crippen molar-refractivity contribution in [1.82, 2.24) is 0 Å². The first kappa shape index (κ1) is 68.1. The number of para-hydroxylation sites is 1. The lowest BCUT2D eigenvalue weighted by Crippen LogP contribution is -2.10. The standard InChI is InChI=1S/C54H37NO.C54H37NS/c2*1-4-16-38(17-5-1)45-22-10-12-24-47(45)41-28-32-43(33-29-41)55(44-34-30-42(31-35-44)48-25-13-11-23-46(48)39-18-6-2-7-19-39)51-37-36-49(40-20-8-3-9-21-40)54-53(51)50-26-14-15-27-52(50)56-54/h2*1-37H. The molecule has 0 saturated carbocycles. The molecule has 0 bridgehead atoms. The molecule has 0 unspecified atom stereocenters. The topological polar surface area (TPSA) is 19.6 Å². The van der Waals surface area contributed by atoms with Crippen LogP contribution in [-0.4, -0.2) is 0 Å². The molecule has 0 amide bonds. The first-order valence-electron chi connectivity index (χ1n) is 38.2. The van der Waals surface area contributed by atoms with Crippen LogP contribution >= 0.6 is 11.3 Å². The molecular formula is C108H74N2OS. The van der Waals surface area contributed by atoms with Crippen molar-refractivity contribution >= 4 is 87.6 Å². The number of fused-ring (bicyclic) bond motifs is 6. The normalized spacial score (nSPS) is 11.2. The number of rotatable bonds is 16. The minimum absolute atomic E-state index is 0.868. The van der Waals surface area contributed by atoms with Gasteiger partial charge < -0.3 is 14.2 Å². The molecule has 0 spiro atoms. The van der Waals surface area contributed by atoms with Gasteiger partial charge in [-0.3, -0.25) is 0 Å².